The summed E-state index contributed by atoms with van der Waals surface area (Å²) in [5, 5.41) is 7.34. The van der Waals surface area contributed by atoms with Crippen LogP contribution in [-0.2, 0) is 13.5 Å². The number of hydrogen-bond acceptors (Lipinski definition) is 4. The molecule has 0 saturated heterocycles. The van der Waals surface area contributed by atoms with Crippen molar-refractivity contribution in [1.29, 1.82) is 0 Å². The van der Waals surface area contributed by atoms with E-state index in [4.69, 9.17) is 0 Å². The van der Waals surface area contributed by atoms with E-state index >= 15 is 0 Å². The third kappa shape index (κ3) is 4.38. The molecule has 144 valence electrons. The molecule has 0 unspecified atom stereocenters. The van der Waals surface area contributed by atoms with Crippen molar-refractivity contribution in [3.05, 3.63) is 72.7 Å². The molecule has 0 radical (unpaired) electrons. The molecule has 2 heterocycles. The highest BCUT2D eigenvalue weighted by Gasteiger charge is 2.06. The first-order chi connectivity index (χ1) is 13.7. The summed E-state index contributed by atoms with van der Waals surface area (Å²) in [5.41, 5.74) is 2.71. The van der Waals surface area contributed by atoms with Gasteiger partial charge in [0.1, 0.15) is 0 Å². The van der Waals surface area contributed by atoms with Crippen LogP contribution in [0.4, 0.5) is 0 Å². The molecule has 0 fully saturated rings. The first-order valence-corrected chi connectivity index (χ1v) is 10.5. The molecule has 2 N–H and O–H groups in total. The molecule has 5 heteroatoms. The fourth-order valence-electron chi connectivity index (χ4n) is 3.50. The Labute approximate surface area is 170 Å². The zero-order chi connectivity index (χ0) is 19.3. The van der Waals surface area contributed by atoms with Gasteiger partial charge in [0.05, 0.1) is 0 Å². The number of rotatable bonds is 8. The van der Waals surface area contributed by atoms with Gasteiger partial charge in [-0.05, 0) is 67.1 Å². The van der Waals surface area contributed by atoms with Gasteiger partial charge < -0.3 is 9.88 Å². The second-order valence-corrected chi connectivity index (χ2v) is 8.15. The average molecular weight is 391 g/mol. The molecule has 28 heavy (non-hydrogen) atoms. The normalized spacial score (nSPS) is 12.6. The van der Waals surface area contributed by atoms with E-state index in [2.05, 4.69) is 88.3 Å². The van der Waals surface area contributed by atoms with E-state index in [0.717, 1.165) is 19.5 Å². The summed E-state index contributed by atoms with van der Waals surface area (Å²) >= 11 is 1.69. The minimum Gasteiger partial charge on any atom is -0.350 e. The molecule has 0 amide bonds. The minimum absolute atomic E-state index is 0.380. The molecule has 2 aromatic carbocycles. The summed E-state index contributed by atoms with van der Waals surface area (Å²) in [7, 11) is 2.12. The number of fused-ring (bicyclic) bond motifs is 2. The van der Waals surface area contributed by atoms with Gasteiger partial charge in [-0.25, -0.2) is 0 Å². The van der Waals surface area contributed by atoms with Crippen molar-refractivity contribution in [3.63, 3.8) is 0 Å². The lowest BCUT2D eigenvalue weighted by Gasteiger charge is -2.14. The maximum atomic E-state index is 4.17. The molecule has 0 aliphatic heterocycles. The Morgan fingerprint density at radius 2 is 2.00 bits per heavy atom. The fraction of sp³-hybridized carbons (Fsp3) is 0.261. The topological polar surface area (TPSA) is 41.9 Å². The van der Waals surface area contributed by atoms with Crippen LogP contribution in [0.25, 0.3) is 21.7 Å². The first-order valence-electron chi connectivity index (χ1n) is 9.70. The van der Waals surface area contributed by atoms with Crippen molar-refractivity contribution >= 4 is 33.6 Å². The third-order valence-corrected chi connectivity index (χ3v) is 6.00. The quantitative estimate of drug-likeness (QED) is 0.342. The van der Waals surface area contributed by atoms with Gasteiger partial charge in [-0.2, -0.15) is 0 Å². The van der Waals surface area contributed by atoms with Crippen molar-refractivity contribution in [2.45, 2.75) is 24.3 Å². The summed E-state index contributed by atoms with van der Waals surface area (Å²) < 4.78 is 5.74. The lowest BCUT2D eigenvalue weighted by Crippen LogP contribution is -2.33. The summed E-state index contributed by atoms with van der Waals surface area (Å²) in [5.74, 6) is 0. The molecule has 0 spiro atoms. The zero-order valence-corrected chi connectivity index (χ0v) is 17.2. The number of pyridine rings is 1. The van der Waals surface area contributed by atoms with Gasteiger partial charge in [0.25, 0.3) is 0 Å². The van der Waals surface area contributed by atoms with Gasteiger partial charge in [-0.1, -0.05) is 24.3 Å². The molecular weight excluding hydrogens is 364 g/mol. The summed E-state index contributed by atoms with van der Waals surface area (Å²) in [6, 6.07) is 17.5. The Kier molecular flexibility index (Phi) is 5.95. The number of hydrogen-bond donors (Lipinski definition) is 2. The number of para-hydroxylation sites is 1. The number of benzene rings is 2. The largest absolute Gasteiger partial charge is 0.350 e. The molecule has 0 saturated carbocycles. The lowest BCUT2D eigenvalue weighted by molar-refractivity contribution is 0.586. The molecule has 0 aliphatic rings. The van der Waals surface area contributed by atoms with Gasteiger partial charge >= 0.3 is 0 Å². The van der Waals surface area contributed by atoms with Gasteiger partial charge in [0, 0.05) is 59.4 Å². The maximum absolute atomic E-state index is 4.17. The van der Waals surface area contributed by atoms with Crippen molar-refractivity contribution in [3.8, 4) is 0 Å². The Bertz CT molecular complexity index is 1070. The number of aryl methyl sites for hydroxylation is 1. The second-order valence-electron chi connectivity index (χ2n) is 7.24. The number of aromatic nitrogens is 2. The van der Waals surface area contributed by atoms with Gasteiger partial charge in [-0.3, -0.25) is 9.71 Å². The van der Waals surface area contributed by atoms with Crippen molar-refractivity contribution in [1.82, 2.24) is 19.6 Å². The molecular formula is C23H26N4S. The van der Waals surface area contributed by atoms with Crippen LogP contribution in [0.15, 0.2) is 72.0 Å². The summed E-state index contributed by atoms with van der Waals surface area (Å²) in [4.78, 5) is 5.39. The predicted octanol–water partition coefficient (Wildman–Crippen LogP) is 4.54. The van der Waals surface area contributed by atoms with Crippen LogP contribution in [-0.4, -0.2) is 28.7 Å². The van der Waals surface area contributed by atoms with Crippen LogP contribution in [0.3, 0.4) is 0 Å². The fourth-order valence-corrected chi connectivity index (χ4v) is 4.24. The van der Waals surface area contributed by atoms with Crippen LogP contribution >= 0.6 is 11.9 Å². The van der Waals surface area contributed by atoms with E-state index in [1.165, 1.54) is 32.1 Å². The van der Waals surface area contributed by atoms with Crippen molar-refractivity contribution < 1.29 is 0 Å². The van der Waals surface area contributed by atoms with E-state index in [1.54, 1.807) is 11.9 Å². The lowest BCUT2D eigenvalue weighted by atomic mass is 10.1. The molecule has 4 aromatic rings. The van der Waals surface area contributed by atoms with Crippen molar-refractivity contribution in [2.24, 2.45) is 7.05 Å². The van der Waals surface area contributed by atoms with Crippen LogP contribution in [0, 0.1) is 0 Å². The smallest absolute Gasteiger partial charge is 0.0480 e. The standard InChI is InChI=1S/C23H26N4S/c1-17(26-28-21-8-7-19-15-25-11-9-18(19)13-21)14-24-12-10-20-16-27(2)23-6-4-3-5-22(20)23/h3-9,11,13,15-17,24,26H,10,12,14H2,1-2H3/t17-/m1/s1. The van der Waals surface area contributed by atoms with Gasteiger partial charge in [0.2, 0.25) is 0 Å². The Hall–Kier alpha value is -2.34. The Balaban J connectivity index is 1.23. The maximum Gasteiger partial charge on any atom is 0.0480 e. The SMILES string of the molecule is C[C@H](CNCCc1cn(C)c2ccccc12)NSc1ccc2cnccc2c1. The first kappa shape index (κ1) is 19.0. The summed E-state index contributed by atoms with van der Waals surface area (Å²) in [6.45, 7) is 4.13. The van der Waals surface area contributed by atoms with Crippen LogP contribution < -0.4 is 10.0 Å². The predicted molar refractivity (Wildman–Crippen MR) is 120 cm³/mol. The molecule has 2 aromatic heterocycles. The highest BCUT2D eigenvalue weighted by molar-refractivity contribution is 7.97. The minimum atomic E-state index is 0.380. The average Bonchev–Trinajstić information content (AvgIpc) is 3.05. The molecule has 0 aliphatic carbocycles. The van der Waals surface area contributed by atoms with E-state index < -0.39 is 0 Å². The van der Waals surface area contributed by atoms with E-state index in [1.807, 2.05) is 12.4 Å². The number of nitrogens with zero attached hydrogens (tertiary/aromatic N) is 2. The molecule has 4 rings (SSSR count). The zero-order valence-electron chi connectivity index (χ0n) is 16.4. The van der Waals surface area contributed by atoms with Gasteiger partial charge in [0.15, 0.2) is 0 Å². The molecule has 0 bridgehead atoms. The summed E-state index contributed by atoms with van der Waals surface area (Å²) in [6.07, 6.45) is 7.03. The van der Waals surface area contributed by atoms with Gasteiger partial charge in [-0.15, -0.1) is 0 Å². The Morgan fingerprint density at radius 1 is 1.11 bits per heavy atom. The Morgan fingerprint density at radius 3 is 2.93 bits per heavy atom. The van der Waals surface area contributed by atoms with E-state index in [0.29, 0.717) is 6.04 Å². The van der Waals surface area contributed by atoms with Crippen LogP contribution in [0.1, 0.15) is 12.5 Å². The second kappa shape index (κ2) is 8.78. The van der Waals surface area contributed by atoms with E-state index in [9.17, 15) is 0 Å². The van der Waals surface area contributed by atoms with Crippen LogP contribution in [0.5, 0.6) is 0 Å². The monoisotopic (exact) mass is 390 g/mol. The molecule has 1 atom stereocenters. The highest BCUT2D eigenvalue weighted by atomic mass is 32.2. The van der Waals surface area contributed by atoms with Crippen molar-refractivity contribution in [2.75, 3.05) is 13.1 Å². The molecule has 4 nitrogen and oxygen atoms in total. The van der Waals surface area contributed by atoms with E-state index in [-0.39, 0.29) is 0 Å². The van der Waals surface area contributed by atoms with Crippen LogP contribution in [0.2, 0.25) is 0 Å². The third-order valence-electron chi connectivity index (χ3n) is 4.99. The number of nitrogens with one attached hydrogen (secondary N) is 2. The highest BCUT2D eigenvalue weighted by Crippen LogP contribution is 2.22.